The molecule has 166 valence electrons. The number of ether oxygens (including phenoxy) is 1. The third-order valence-electron chi connectivity index (χ3n) is 5.36. The van der Waals surface area contributed by atoms with E-state index in [1.165, 1.54) is 25.7 Å². The van der Waals surface area contributed by atoms with Crippen LogP contribution in [-0.2, 0) is 0 Å². The van der Waals surface area contributed by atoms with Crippen LogP contribution >= 0.6 is 36.4 Å². The standard InChI is InChI=1S/C23H25AsClN3O.2ClH/c1-29-17-11-12-20-18(14-17)23(27-21-5-3-2-4-19(21)24)28-22(26-20)13-8-15-6-9-16(25)10-7-15;;/h6-14,19,21H,2-5,24H2,1H3,(H,26,27,28);2*1H/b13-8+;;. The molecule has 1 saturated carbocycles. The van der Waals surface area contributed by atoms with E-state index in [9.17, 15) is 0 Å². The second-order valence-electron chi connectivity index (χ2n) is 7.40. The molecule has 31 heavy (non-hydrogen) atoms. The Morgan fingerprint density at radius 2 is 1.77 bits per heavy atom. The van der Waals surface area contributed by atoms with Crippen molar-refractivity contribution >= 4 is 82.1 Å². The van der Waals surface area contributed by atoms with Gasteiger partial charge >= 0.3 is 174 Å². The number of hydrogen-bond acceptors (Lipinski definition) is 4. The molecular formula is C23H27AsCl3N3O. The quantitative estimate of drug-likeness (QED) is 0.397. The van der Waals surface area contributed by atoms with E-state index in [-0.39, 0.29) is 24.8 Å². The first-order valence-corrected chi connectivity index (χ1v) is 11.7. The van der Waals surface area contributed by atoms with E-state index in [4.69, 9.17) is 26.3 Å². The fraction of sp³-hybridized carbons (Fsp3) is 0.304. The molecule has 1 aliphatic carbocycles. The third kappa shape index (κ3) is 6.52. The average Bonchev–Trinajstić information content (AvgIpc) is 2.74. The van der Waals surface area contributed by atoms with Crippen LogP contribution in [0.3, 0.4) is 0 Å². The van der Waals surface area contributed by atoms with Crippen molar-refractivity contribution in [2.75, 3.05) is 12.4 Å². The van der Waals surface area contributed by atoms with E-state index in [1.807, 2.05) is 71.5 Å². The molecule has 0 amide bonds. The number of hydrogen-bond donors (Lipinski definition) is 1. The van der Waals surface area contributed by atoms with Gasteiger partial charge in [0.25, 0.3) is 0 Å². The number of methoxy groups -OCH3 is 1. The number of nitrogens with one attached hydrogen (secondary N) is 1. The molecule has 0 aliphatic heterocycles. The van der Waals surface area contributed by atoms with E-state index in [0.717, 1.165) is 33.1 Å². The maximum atomic E-state index is 5.98. The maximum absolute atomic E-state index is 5.98. The second kappa shape index (κ2) is 12.0. The van der Waals surface area contributed by atoms with Crippen LogP contribution in [0.15, 0.2) is 42.5 Å². The molecule has 1 N–H and O–H groups in total. The van der Waals surface area contributed by atoms with Gasteiger partial charge in [-0.25, -0.2) is 0 Å². The summed E-state index contributed by atoms with van der Waals surface area (Å²) < 4.78 is 6.12. The molecule has 8 heteroatoms. The molecule has 1 fully saturated rings. The number of anilines is 1. The largest absolute Gasteiger partial charge is 0.147 e. The molecule has 4 rings (SSSR count). The van der Waals surface area contributed by atoms with Gasteiger partial charge in [0, 0.05) is 0 Å². The van der Waals surface area contributed by atoms with Gasteiger partial charge in [0.05, 0.1) is 0 Å². The van der Waals surface area contributed by atoms with Crippen molar-refractivity contribution in [2.45, 2.75) is 36.4 Å². The Labute approximate surface area is 209 Å². The Kier molecular flexibility index (Phi) is 9.96. The van der Waals surface area contributed by atoms with E-state index in [1.54, 1.807) is 7.11 Å². The van der Waals surface area contributed by atoms with Crippen LogP contribution in [0.4, 0.5) is 5.82 Å². The predicted molar refractivity (Wildman–Crippen MR) is 139 cm³/mol. The van der Waals surface area contributed by atoms with Crippen molar-refractivity contribution in [1.82, 2.24) is 9.97 Å². The van der Waals surface area contributed by atoms with Gasteiger partial charge in [-0.3, -0.25) is 0 Å². The summed E-state index contributed by atoms with van der Waals surface area (Å²) in [5.74, 6) is 2.39. The molecule has 0 radical (unpaired) electrons. The summed E-state index contributed by atoms with van der Waals surface area (Å²) in [7, 11) is 1.68. The Morgan fingerprint density at radius 3 is 2.48 bits per heavy atom. The summed E-state index contributed by atoms with van der Waals surface area (Å²) in [6.45, 7) is 0. The van der Waals surface area contributed by atoms with Gasteiger partial charge < -0.3 is 0 Å². The second-order valence-corrected chi connectivity index (χ2v) is 9.63. The van der Waals surface area contributed by atoms with Crippen molar-refractivity contribution in [1.29, 1.82) is 0 Å². The van der Waals surface area contributed by atoms with Gasteiger partial charge in [0.15, 0.2) is 0 Å². The van der Waals surface area contributed by atoms with Gasteiger partial charge in [0.1, 0.15) is 0 Å². The number of benzene rings is 2. The van der Waals surface area contributed by atoms with Crippen LogP contribution in [0.25, 0.3) is 23.1 Å². The molecule has 0 bridgehead atoms. The number of halogens is 3. The van der Waals surface area contributed by atoms with Gasteiger partial charge in [-0.05, 0) is 0 Å². The van der Waals surface area contributed by atoms with E-state index in [0.29, 0.717) is 16.6 Å². The fourth-order valence-electron chi connectivity index (χ4n) is 3.70. The van der Waals surface area contributed by atoms with Crippen LogP contribution < -0.4 is 10.1 Å². The molecule has 3 aromatic rings. The summed E-state index contributed by atoms with van der Waals surface area (Å²) in [4.78, 5) is 9.59. The Hall–Kier alpha value is -1.45. The van der Waals surface area contributed by atoms with E-state index in [2.05, 4.69) is 5.32 Å². The molecule has 4 nitrogen and oxygen atoms in total. The normalized spacial score (nSPS) is 18.3. The first-order valence-electron chi connectivity index (χ1n) is 9.94. The smallest absolute Gasteiger partial charge is 0.147 e. The minimum absolute atomic E-state index is 0. The summed E-state index contributed by atoms with van der Waals surface area (Å²) in [5, 5.41) is 5.46. The molecule has 0 saturated heterocycles. The van der Waals surface area contributed by atoms with Crippen molar-refractivity contribution < 1.29 is 4.74 Å². The summed E-state index contributed by atoms with van der Waals surface area (Å²) in [5.41, 5.74) is 1.97. The zero-order valence-corrected chi connectivity index (χ0v) is 22.1. The van der Waals surface area contributed by atoms with Crippen LogP contribution in [-0.4, -0.2) is 40.0 Å². The molecule has 1 heterocycles. The van der Waals surface area contributed by atoms with Crippen LogP contribution in [0.2, 0.25) is 9.73 Å². The van der Waals surface area contributed by atoms with E-state index >= 15 is 0 Å². The zero-order chi connectivity index (χ0) is 20.2. The van der Waals surface area contributed by atoms with Gasteiger partial charge in [-0.15, -0.1) is 24.8 Å². The fourth-order valence-corrected chi connectivity index (χ4v) is 4.92. The zero-order valence-electron chi connectivity index (χ0n) is 17.3. The molecule has 2 aromatic carbocycles. The number of aromatic nitrogens is 2. The summed E-state index contributed by atoms with van der Waals surface area (Å²) in [6, 6.07) is 14.1. The first kappa shape index (κ1) is 25.8. The van der Waals surface area contributed by atoms with Crippen LogP contribution in [0, 0.1) is 0 Å². The molecule has 3 unspecified atom stereocenters. The summed E-state index contributed by atoms with van der Waals surface area (Å²) >= 11 is 7.80. The topological polar surface area (TPSA) is 47.0 Å². The Bertz CT molecular complexity index is 1030. The van der Waals surface area contributed by atoms with Crippen molar-refractivity contribution in [2.24, 2.45) is 0 Å². The number of nitrogens with zero attached hydrogens (tertiary/aromatic N) is 2. The molecular weight excluding hydrogens is 516 g/mol. The minimum atomic E-state index is 0. The maximum Gasteiger partial charge on any atom is -0.147 e. The molecule has 3 atom stereocenters. The summed E-state index contributed by atoms with van der Waals surface area (Å²) in [6.07, 6.45) is 9.04. The van der Waals surface area contributed by atoms with Gasteiger partial charge in [0.2, 0.25) is 0 Å². The third-order valence-corrected chi connectivity index (χ3v) is 7.28. The van der Waals surface area contributed by atoms with E-state index < -0.39 is 0 Å². The molecule has 1 aromatic heterocycles. The average molecular weight is 543 g/mol. The SMILES string of the molecule is COc1ccc2nc(/C=C/c3ccc(Cl)cc3)nc(NC3CCCCC3[AsH2])c2c1.Cl.Cl. The van der Waals surface area contributed by atoms with Crippen molar-refractivity contribution in [3.8, 4) is 5.75 Å². The van der Waals surface area contributed by atoms with Crippen LogP contribution in [0.1, 0.15) is 37.1 Å². The van der Waals surface area contributed by atoms with Gasteiger partial charge in [-0.1, -0.05) is 11.6 Å². The number of fused-ring (bicyclic) bond motifs is 1. The van der Waals surface area contributed by atoms with Crippen molar-refractivity contribution in [3.63, 3.8) is 0 Å². The monoisotopic (exact) mass is 541 g/mol. The molecule has 1 aliphatic rings. The van der Waals surface area contributed by atoms with Crippen LogP contribution in [0.5, 0.6) is 5.75 Å². The number of rotatable bonds is 5. The first-order chi connectivity index (χ1) is 14.1. The minimum Gasteiger partial charge on any atom is -0.147 e. The van der Waals surface area contributed by atoms with Crippen molar-refractivity contribution in [3.05, 3.63) is 58.9 Å². The Morgan fingerprint density at radius 1 is 1.03 bits per heavy atom. The Balaban J connectivity index is 0.00000171. The molecule has 0 spiro atoms. The van der Waals surface area contributed by atoms with Gasteiger partial charge in [-0.2, -0.15) is 0 Å². The predicted octanol–water partition coefficient (Wildman–Crippen LogP) is 6.08.